The van der Waals surface area contributed by atoms with Gasteiger partial charge in [0.1, 0.15) is 12.3 Å². The number of hydrogen-bond acceptors (Lipinski definition) is 5. The van der Waals surface area contributed by atoms with Crippen molar-refractivity contribution in [2.75, 3.05) is 19.7 Å². The summed E-state index contributed by atoms with van der Waals surface area (Å²) in [5, 5.41) is 4.76. The molecule has 2 aromatic carbocycles. The highest BCUT2D eigenvalue weighted by atomic mass is 16.6. The maximum absolute atomic E-state index is 13.8. The number of para-hydroxylation sites is 3. The molecule has 1 atom stereocenters. The van der Waals surface area contributed by atoms with Crippen molar-refractivity contribution in [2.45, 2.75) is 19.4 Å². The van der Waals surface area contributed by atoms with Gasteiger partial charge in [-0.05, 0) is 42.8 Å². The zero-order valence-electron chi connectivity index (χ0n) is 19.0. The van der Waals surface area contributed by atoms with Gasteiger partial charge in [-0.25, -0.2) is 4.68 Å². The van der Waals surface area contributed by atoms with Gasteiger partial charge in [0.2, 0.25) is 0 Å². The second-order valence-electron chi connectivity index (χ2n) is 8.16. The van der Waals surface area contributed by atoms with Crippen LogP contribution in [0.3, 0.4) is 0 Å². The Morgan fingerprint density at radius 1 is 1.06 bits per heavy atom. The Hall–Kier alpha value is -4.13. The number of fused-ring (bicyclic) bond motifs is 1. The fourth-order valence-corrected chi connectivity index (χ4v) is 4.07. The van der Waals surface area contributed by atoms with Crippen LogP contribution < -0.4 is 9.47 Å². The maximum atomic E-state index is 13.8. The number of carbonyl (C=O) groups excluding carboxylic acids is 1. The number of amides is 1. The van der Waals surface area contributed by atoms with E-state index in [0.717, 1.165) is 23.4 Å². The smallest absolute Gasteiger partial charge is 0.257 e. The molecule has 0 aliphatic carbocycles. The lowest BCUT2D eigenvalue weighted by molar-refractivity contribution is 0.0463. The highest BCUT2D eigenvalue weighted by Crippen LogP contribution is 2.31. The Morgan fingerprint density at radius 2 is 1.85 bits per heavy atom. The third-order valence-corrected chi connectivity index (χ3v) is 5.67. The first-order valence-electron chi connectivity index (χ1n) is 11.5. The highest BCUT2D eigenvalue weighted by Gasteiger charge is 2.28. The van der Waals surface area contributed by atoms with E-state index in [9.17, 15) is 4.79 Å². The lowest BCUT2D eigenvalue weighted by Crippen LogP contribution is -2.44. The number of benzene rings is 2. The van der Waals surface area contributed by atoms with Crippen molar-refractivity contribution in [3.05, 3.63) is 90.9 Å². The maximum Gasteiger partial charge on any atom is 0.257 e. The van der Waals surface area contributed by atoms with E-state index in [-0.39, 0.29) is 12.0 Å². The second kappa shape index (κ2) is 9.79. The molecular weight excluding hydrogens is 428 g/mol. The zero-order chi connectivity index (χ0) is 23.3. The molecule has 3 heterocycles. The normalized spacial score (nSPS) is 14.6. The molecule has 1 aliphatic rings. The quantitative estimate of drug-likeness (QED) is 0.407. The molecule has 0 fully saturated rings. The first-order valence-corrected chi connectivity index (χ1v) is 11.5. The van der Waals surface area contributed by atoms with Crippen LogP contribution in [0.2, 0.25) is 0 Å². The second-order valence-corrected chi connectivity index (χ2v) is 8.16. The van der Waals surface area contributed by atoms with Gasteiger partial charge in [0.25, 0.3) is 5.91 Å². The third-order valence-electron chi connectivity index (χ3n) is 5.67. The lowest BCUT2D eigenvalue weighted by atomic mass is 10.1. The Bertz CT molecular complexity index is 1260. The van der Waals surface area contributed by atoms with Crippen LogP contribution in [0.1, 0.15) is 23.7 Å². The average molecular weight is 455 g/mol. The van der Waals surface area contributed by atoms with E-state index in [1.807, 2.05) is 71.6 Å². The van der Waals surface area contributed by atoms with Crippen LogP contribution in [-0.2, 0) is 0 Å². The van der Waals surface area contributed by atoms with Gasteiger partial charge in [-0.15, -0.1) is 0 Å². The minimum absolute atomic E-state index is 0.0923. The van der Waals surface area contributed by atoms with Crippen LogP contribution in [-0.4, -0.2) is 51.4 Å². The molecule has 4 aromatic rings. The Balaban J connectivity index is 1.46. The number of nitrogens with zero attached hydrogens (tertiary/aromatic N) is 4. The number of carbonyl (C=O) groups is 1. The average Bonchev–Trinajstić information content (AvgIpc) is 3.35. The summed E-state index contributed by atoms with van der Waals surface area (Å²) in [4.78, 5) is 19.9. The minimum Gasteiger partial charge on any atom is -0.486 e. The summed E-state index contributed by atoms with van der Waals surface area (Å²) in [6, 6.07) is 21.1. The molecular formula is C27H26N4O3. The van der Waals surface area contributed by atoms with Gasteiger partial charge in [-0.1, -0.05) is 37.3 Å². The van der Waals surface area contributed by atoms with E-state index in [0.29, 0.717) is 36.7 Å². The van der Waals surface area contributed by atoms with Crippen molar-refractivity contribution in [1.29, 1.82) is 0 Å². The minimum atomic E-state index is -0.253. The van der Waals surface area contributed by atoms with E-state index in [1.54, 1.807) is 23.3 Å². The predicted molar refractivity (Wildman–Crippen MR) is 129 cm³/mol. The SMILES string of the molecule is CCCN(C[C@H]1COc2ccccc2O1)C(=O)c1cn(-c2ccccc2)nc1-c1cccnc1. The predicted octanol–water partition coefficient (Wildman–Crippen LogP) is 4.63. The van der Waals surface area contributed by atoms with Gasteiger partial charge in [-0.2, -0.15) is 5.10 Å². The van der Waals surface area contributed by atoms with E-state index >= 15 is 0 Å². The van der Waals surface area contributed by atoms with Crippen LogP contribution in [0.15, 0.2) is 85.3 Å². The molecule has 0 unspecified atom stereocenters. The molecule has 2 aromatic heterocycles. The lowest BCUT2D eigenvalue weighted by Gasteiger charge is -2.31. The Kier molecular flexibility index (Phi) is 6.25. The van der Waals surface area contributed by atoms with Crippen LogP contribution in [0.25, 0.3) is 16.9 Å². The molecule has 5 rings (SSSR count). The molecule has 0 saturated carbocycles. The molecule has 1 aliphatic heterocycles. The topological polar surface area (TPSA) is 69.5 Å². The summed E-state index contributed by atoms with van der Waals surface area (Å²) in [5.74, 6) is 1.34. The van der Waals surface area contributed by atoms with Gasteiger partial charge < -0.3 is 14.4 Å². The molecule has 1 amide bonds. The van der Waals surface area contributed by atoms with Crippen molar-refractivity contribution >= 4 is 5.91 Å². The van der Waals surface area contributed by atoms with Crippen LogP contribution in [0.5, 0.6) is 11.5 Å². The van der Waals surface area contributed by atoms with E-state index < -0.39 is 0 Å². The van der Waals surface area contributed by atoms with Crippen molar-refractivity contribution in [2.24, 2.45) is 0 Å². The summed E-state index contributed by atoms with van der Waals surface area (Å²) in [7, 11) is 0. The number of pyridine rings is 1. The molecule has 172 valence electrons. The van der Waals surface area contributed by atoms with Crippen molar-refractivity contribution in [3.8, 4) is 28.4 Å². The molecule has 0 spiro atoms. The van der Waals surface area contributed by atoms with Gasteiger partial charge in [-0.3, -0.25) is 9.78 Å². The van der Waals surface area contributed by atoms with Crippen LogP contribution in [0.4, 0.5) is 0 Å². The van der Waals surface area contributed by atoms with Crippen LogP contribution in [0, 0.1) is 0 Å². The van der Waals surface area contributed by atoms with E-state index in [2.05, 4.69) is 11.9 Å². The van der Waals surface area contributed by atoms with Crippen molar-refractivity contribution < 1.29 is 14.3 Å². The molecule has 7 nitrogen and oxygen atoms in total. The summed E-state index contributed by atoms with van der Waals surface area (Å²) in [6.45, 7) is 3.47. The zero-order valence-corrected chi connectivity index (χ0v) is 19.0. The van der Waals surface area contributed by atoms with Crippen molar-refractivity contribution in [3.63, 3.8) is 0 Å². The number of ether oxygens (including phenoxy) is 2. The van der Waals surface area contributed by atoms with Gasteiger partial charge in [0.05, 0.1) is 17.8 Å². The summed E-state index contributed by atoms with van der Waals surface area (Å²) < 4.78 is 13.7. The molecule has 0 N–H and O–H groups in total. The van der Waals surface area contributed by atoms with Crippen LogP contribution >= 0.6 is 0 Å². The monoisotopic (exact) mass is 454 g/mol. The van der Waals surface area contributed by atoms with Gasteiger partial charge >= 0.3 is 0 Å². The third kappa shape index (κ3) is 4.50. The number of hydrogen-bond donors (Lipinski definition) is 0. The van der Waals surface area contributed by atoms with Gasteiger partial charge in [0.15, 0.2) is 17.6 Å². The standard InChI is InChI=1S/C27H26N4O3/c1-2-15-30(17-22-19-33-24-12-6-7-13-25(24)34-22)27(32)23-18-31(21-10-4-3-5-11-21)29-26(23)20-9-8-14-28-16-20/h3-14,16,18,22H,2,15,17,19H2,1H3/t22-/m0/s1. The largest absolute Gasteiger partial charge is 0.486 e. The molecule has 34 heavy (non-hydrogen) atoms. The first-order chi connectivity index (χ1) is 16.7. The molecule has 0 saturated heterocycles. The summed E-state index contributed by atoms with van der Waals surface area (Å²) in [5.41, 5.74) is 2.81. The molecule has 7 heteroatoms. The first kappa shape index (κ1) is 21.7. The Labute approximate surface area is 198 Å². The summed E-state index contributed by atoms with van der Waals surface area (Å²) >= 11 is 0. The summed E-state index contributed by atoms with van der Waals surface area (Å²) in [6.07, 6.45) is 5.81. The van der Waals surface area contributed by atoms with Crippen molar-refractivity contribution in [1.82, 2.24) is 19.7 Å². The Morgan fingerprint density at radius 3 is 2.62 bits per heavy atom. The van der Waals surface area contributed by atoms with Gasteiger partial charge in [0, 0.05) is 30.7 Å². The highest BCUT2D eigenvalue weighted by molar-refractivity contribution is 6.00. The fraction of sp³-hybridized carbons (Fsp3) is 0.222. The van der Waals surface area contributed by atoms with E-state index in [1.165, 1.54) is 0 Å². The number of aromatic nitrogens is 3. The molecule has 0 radical (unpaired) electrons. The van der Waals surface area contributed by atoms with E-state index in [4.69, 9.17) is 14.6 Å². The molecule has 0 bridgehead atoms. The number of rotatable bonds is 7. The fourth-order valence-electron chi connectivity index (χ4n) is 4.07.